The predicted octanol–water partition coefficient (Wildman–Crippen LogP) is 4.08. The number of anilines is 1. The number of aryl methyl sites for hydroxylation is 1. The highest BCUT2D eigenvalue weighted by atomic mass is 79.9. The summed E-state index contributed by atoms with van der Waals surface area (Å²) in [5.74, 6) is 1.22. The zero-order valence-corrected chi connectivity index (χ0v) is 12.4. The second-order valence-electron chi connectivity index (χ2n) is 4.42. The van der Waals surface area contributed by atoms with Gasteiger partial charge < -0.3 is 10.5 Å². The molecule has 0 spiro atoms. The molecule has 0 atom stereocenters. The predicted molar refractivity (Wildman–Crippen MR) is 82.9 cm³/mol. The number of nitrogens with two attached hydrogens (primary N) is 1. The highest BCUT2D eigenvalue weighted by molar-refractivity contribution is 9.10. The lowest BCUT2D eigenvalue weighted by molar-refractivity contribution is 0.485. The third-order valence-electron chi connectivity index (χ3n) is 2.92. The molecule has 2 heterocycles. The van der Waals surface area contributed by atoms with E-state index in [0.717, 1.165) is 16.6 Å². The molecule has 0 fully saturated rings. The average molecular weight is 330 g/mol. The molecule has 2 aromatic heterocycles. The van der Waals surface area contributed by atoms with Crippen LogP contribution in [0, 0.1) is 6.92 Å². The van der Waals surface area contributed by atoms with Crippen LogP contribution in [-0.4, -0.2) is 9.97 Å². The smallest absolute Gasteiger partial charge is 0.167 e. The summed E-state index contributed by atoms with van der Waals surface area (Å²) in [7, 11) is 0. The summed E-state index contributed by atoms with van der Waals surface area (Å²) < 4.78 is 6.64. The summed E-state index contributed by atoms with van der Waals surface area (Å²) >= 11 is 3.40. The number of benzene rings is 1. The van der Waals surface area contributed by atoms with Crippen LogP contribution in [0.3, 0.4) is 0 Å². The molecule has 0 aliphatic heterocycles. The largest absolute Gasteiger partial charge is 0.452 e. The molecule has 0 radical (unpaired) electrons. The molecule has 0 amide bonds. The quantitative estimate of drug-likeness (QED) is 0.769. The van der Waals surface area contributed by atoms with E-state index in [4.69, 9.17) is 10.5 Å². The van der Waals surface area contributed by atoms with Crippen molar-refractivity contribution >= 4 is 32.5 Å². The standard InChI is InChI=1S/C15H12BrN3O/c1-9-5-6-10-3-2-4-13(14(10)19-9)20-15-11(16)7-18-8-12(15)17/h2-8H,17H2,1H3. The first-order valence-electron chi connectivity index (χ1n) is 6.08. The van der Waals surface area contributed by atoms with Crippen molar-refractivity contribution in [3.63, 3.8) is 0 Å². The zero-order chi connectivity index (χ0) is 14.1. The van der Waals surface area contributed by atoms with Crippen LogP contribution in [-0.2, 0) is 0 Å². The lowest BCUT2D eigenvalue weighted by Gasteiger charge is -2.11. The first-order valence-corrected chi connectivity index (χ1v) is 6.87. The number of ether oxygens (including phenoxy) is 1. The molecular weight excluding hydrogens is 318 g/mol. The van der Waals surface area contributed by atoms with E-state index in [1.54, 1.807) is 12.4 Å². The van der Waals surface area contributed by atoms with Crippen molar-refractivity contribution in [2.45, 2.75) is 6.92 Å². The SMILES string of the molecule is Cc1ccc2cccc(Oc3c(N)cncc3Br)c2n1. The molecule has 5 heteroatoms. The molecular formula is C15H12BrN3O. The normalized spacial score (nSPS) is 10.7. The van der Waals surface area contributed by atoms with E-state index >= 15 is 0 Å². The van der Waals surface area contributed by atoms with Gasteiger partial charge in [0.05, 0.1) is 16.4 Å². The maximum absolute atomic E-state index is 5.93. The molecule has 0 bridgehead atoms. The van der Waals surface area contributed by atoms with Crippen molar-refractivity contribution in [2.75, 3.05) is 5.73 Å². The highest BCUT2D eigenvalue weighted by Crippen LogP contribution is 2.36. The third-order valence-corrected chi connectivity index (χ3v) is 3.48. The second-order valence-corrected chi connectivity index (χ2v) is 5.28. The molecule has 2 N–H and O–H groups in total. The van der Waals surface area contributed by atoms with Crippen molar-refractivity contribution in [3.8, 4) is 11.5 Å². The number of hydrogen-bond donors (Lipinski definition) is 1. The summed E-state index contributed by atoms with van der Waals surface area (Å²) in [6.07, 6.45) is 3.21. The number of halogens is 1. The van der Waals surface area contributed by atoms with Gasteiger partial charge in [-0.05, 0) is 35.0 Å². The van der Waals surface area contributed by atoms with Gasteiger partial charge >= 0.3 is 0 Å². The Bertz CT molecular complexity index is 769. The van der Waals surface area contributed by atoms with E-state index in [0.29, 0.717) is 21.7 Å². The highest BCUT2D eigenvalue weighted by Gasteiger charge is 2.10. The van der Waals surface area contributed by atoms with Crippen LogP contribution in [0.2, 0.25) is 0 Å². The van der Waals surface area contributed by atoms with E-state index in [2.05, 4.69) is 25.9 Å². The van der Waals surface area contributed by atoms with E-state index in [1.165, 1.54) is 0 Å². The minimum absolute atomic E-state index is 0.476. The molecule has 0 saturated carbocycles. The Morgan fingerprint density at radius 1 is 1.15 bits per heavy atom. The number of pyridine rings is 2. The molecule has 20 heavy (non-hydrogen) atoms. The molecule has 3 rings (SSSR count). The van der Waals surface area contributed by atoms with Gasteiger partial charge in [0, 0.05) is 17.3 Å². The fourth-order valence-corrected chi connectivity index (χ4v) is 2.38. The summed E-state index contributed by atoms with van der Waals surface area (Å²) in [4.78, 5) is 8.53. The van der Waals surface area contributed by atoms with Crippen LogP contribution in [0.1, 0.15) is 5.69 Å². The summed E-state index contributed by atoms with van der Waals surface area (Å²) in [5.41, 5.74) is 8.14. The molecule has 0 aliphatic carbocycles. The van der Waals surface area contributed by atoms with Gasteiger partial charge in [0.25, 0.3) is 0 Å². The Kier molecular flexibility index (Phi) is 3.28. The number of hydrogen-bond acceptors (Lipinski definition) is 4. The Labute approximate surface area is 124 Å². The third kappa shape index (κ3) is 2.32. The fourth-order valence-electron chi connectivity index (χ4n) is 1.96. The van der Waals surface area contributed by atoms with Crippen molar-refractivity contribution in [1.29, 1.82) is 0 Å². The molecule has 0 saturated heterocycles. The Morgan fingerprint density at radius 2 is 2.00 bits per heavy atom. The Hall–Kier alpha value is -2.14. The second kappa shape index (κ2) is 5.09. The number of nitrogen functional groups attached to an aromatic ring is 1. The van der Waals surface area contributed by atoms with E-state index in [1.807, 2.05) is 37.3 Å². The molecule has 0 aliphatic rings. The minimum atomic E-state index is 0.476. The van der Waals surface area contributed by atoms with Gasteiger partial charge in [0.1, 0.15) is 5.52 Å². The molecule has 1 aromatic carbocycles. The van der Waals surface area contributed by atoms with Gasteiger partial charge in [0.15, 0.2) is 11.5 Å². The van der Waals surface area contributed by atoms with Gasteiger partial charge in [-0.15, -0.1) is 0 Å². The minimum Gasteiger partial charge on any atom is -0.452 e. The van der Waals surface area contributed by atoms with Crippen LogP contribution in [0.5, 0.6) is 11.5 Å². The van der Waals surface area contributed by atoms with Crippen molar-refractivity contribution in [2.24, 2.45) is 0 Å². The number of aromatic nitrogens is 2. The fraction of sp³-hybridized carbons (Fsp3) is 0.0667. The van der Waals surface area contributed by atoms with Gasteiger partial charge in [-0.2, -0.15) is 0 Å². The van der Waals surface area contributed by atoms with Crippen molar-refractivity contribution in [1.82, 2.24) is 9.97 Å². The van der Waals surface area contributed by atoms with E-state index in [-0.39, 0.29) is 0 Å². The van der Waals surface area contributed by atoms with Gasteiger partial charge in [-0.3, -0.25) is 4.98 Å². The van der Waals surface area contributed by atoms with Crippen LogP contribution in [0.15, 0.2) is 47.2 Å². The molecule has 4 nitrogen and oxygen atoms in total. The van der Waals surface area contributed by atoms with Gasteiger partial charge in [-0.1, -0.05) is 18.2 Å². The summed E-state index contributed by atoms with van der Waals surface area (Å²) in [6.45, 7) is 1.95. The van der Waals surface area contributed by atoms with Crippen LogP contribution in [0.25, 0.3) is 10.9 Å². The molecule has 3 aromatic rings. The topological polar surface area (TPSA) is 61.0 Å². The van der Waals surface area contributed by atoms with Gasteiger partial charge in [0.2, 0.25) is 0 Å². The Balaban J connectivity index is 2.13. The molecule has 100 valence electrons. The number of fused-ring (bicyclic) bond motifs is 1. The van der Waals surface area contributed by atoms with E-state index in [9.17, 15) is 0 Å². The molecule has 0 unspecified atom stereocenters. The maximum atomic E-state index is 5.93. The van der Waals surface area contributed by atoms with Crippen LogP contribution < -0.4 is 10.5 Å². The van der Waals surface area contributed by atoms with Crippen LogP contribution >= 0.6 is 15.9 Å². The van der Waals surface area contributed by atoms with Crippen molar-refractivity contribution in [3.05, 3.63) is 52.9 Å². The lowest BCUT2D eigenvalue weighted by Crippen LogP contribution is -1.95. The first-order chi connectivity index (χ1) is 9.65. The number of para-hydroxylation sites is 1. The van der Waals surface area contributed by atoms with Gasteiger partial charge in [-0.25, -0.2) is 4.98 Å². The number of rotatable bonds is 2. The van der Waals surface area contributed by atoms with E-state index < -0.39 is 0 Å². The monoisotopic (exact) mass is 329 g/mol. The van der Waals surface area contributed by atoms with Crippen molar-refractivity contribution < 1.29 is 4.74 Å². The summed E-state index contributed by atoms with van der Waals surface area (Å²) in [6, 6.07) is 9.80. The lowest BCUT2D eigenvalue weighted by atomic mass is 10.2. The number of nitrogens with zero attached hydrogens (tertiary/aromatic N) is 2. The summed E-state index contributed by atoms with van der Waals surface area (Å²) in [5, 5.41) is 1.02. The van der Waals surface area contributed by atoms with Crippen LogP contribution in [0.4, 0.5) is 5.69 Å². The average Bonchev–Trinajstić information content (AvgIpc) is 2.43. The zero-order valence-electron chi connectivity index (χ0n) is 10.8. The Morgan fingerprint density at radius 3 is 2.80 bits per heavy atom. The first kappa shape index (κ1) is 12.9. The maximum Gasteiger partial charge on any atom is 0.167 e.